The second kappa shape index (κ2) is 40.0. The van der Waals surface area contributed by atoms with Crippen molar-refractivity contribution in [1.82, 2.24) is 64.7 Å². The van der Waals surface area contributed by atoms with Crippen LogP contribution >= 0.6 is 12.4 Å². The number of piperidine rings is 2. The van der Waals surface area contributed by atoms with Gasteiger partial charge in [0.2, 0.25) is 0 Å². The third-order valence-electron chi connectivity index (χ3n) is 15.9. The number of aromatic amines is 4. The van der Waals surface area contributed by atoms with Gasteiger partial charge in [0.15, 0.2) is 0 Å². The third kappa shape index (κ3) is 24.2. The van der Waals surface area contributed by atoms with E-state index >= 15 is 0 Å². The van der Waals surface area contributed by atoms with Gasteiger partial charge in [-0.2, -0.15) is 0 Å². The smallest absolute Gasteiger partial charge is 0.306 e. The van der Waals surface area contributed by atoms with E-state index in [4.69, 9.17) is 16.0 Å². The quantitative estimate of drug-likeness (QED) is 0.0239. The number of halogens is 1. The van der Waals surface area contributed by atoms with Crippen LogP contribution in [-0.2, 0) is 35.6 Å². The number of carboxylic acids is 1. The summed E-state index contributed by atoms with van der Waals surface area (Å²) in [6.45, 7) is 23.1. The van der Waals surface area contributed by atoms with Crippen molar-refractivity contribution in [3.63, 3.8) is 0 Å². The third-order valence-corrected chi connectivity index (χ3v) is 15.9. The molecule has 0 amide bonds. The van der Waals surface area contributed by atoms with Crippen LogP contribution in [0.5, 0.6) is 0 Å². The van der Waals surface area contributed by atoms with Gasteiger partial charge in [0.1, 0.15) is 28.5 Å². The maximum absolute atomic E-state index is 12.7. The van der Waals surface area contributed by atoms with Gasteiger partial charge in [-0.1, -0.05) is 67.7 Å². The molecule has 21 nitrogen and oxygen atoms in total. The highest BCUT2D eigenvalue weighted by Crippen LogP contribution is 2.25. The Balaban J connectivity index is 0.000000250. The Hall–Kier alpha value is -8.11. The zero-order valence-corrected chi connectivity index (χ0v) is 55.2. The standard InChI is InChI=1S/C24H26N4O.C15H18N2O2.C8H9N3.C8H17N3.C8H19N.C6H5N3O.CH4.ClH.H2O/c29-23(7-8-24-26-21-3-1-2-4-22(21)27-24)18-10-13-28(14-11-18)16-17-5-6-20-19(15-17)9-12-25-20;18-15(19)12-4-7-17(8-5-12)10-11-1-2-14-13(9-11)3-6-16-14;9-5-8-10-6-3-1-2-4-7(6)11-8;1-4-9-8-10-6-5-7-11(2)3;1-6-9(7(2)3)8(4)5;10-9-6-4-2-1-3-5(6)7-8-9;;;/h1-6,9,12,15,18,25H,7-8,10-11,13-14,16H2,(H,26,27);1-3,6,9,12,16H,4-5,7-8,10H2,(H,18,19);1-4H,5,9H2,(H,10,11);4-7H2,1-3H3;7-8H,6H2,1-5H3;1-4,10H;1H4;1H;1H2. The number of rotatable bonds is 18. The summed E-state index contributed by atoms with van der Waals surface area (Å²) in [5, 5.41) is 27.5. The molecule has 498 valence electrons. The Morgan fingerprint density at radius 1 is 0.685 bits per heavy atom. The topological polar surface area (TPSA) is 289 Å². The van der Waals surface area contributed by atoms with Crippen molar-refractivity contribution in [2.45, 2.75) is 126 Å². The molecule has 92 heavy (non-hydrogen) atoms. The van der Waals surface area contributed by atoms with Crippen LogP contribution in [0, 0.1) is 11.8 Å². The number of H-pyrrole nitrogens is 4. The number of carbonyl (C=O) groups excluding carboxylic acids is 1. The number of nitrogens with two attached hydrogens (primary N) is 1. The number of nitrogens with zero attached hydrogens (tertiary/aromatic N) is 11. The lowest BCUT2D eigenvalue weighted by atomic mass is 9.90. The predicted molar refractivity (Wildman–Crippen MR) is 377 cm³/mol. The molecule has 22 heteroatoms. The highest BCUT2D eigenvalue weighted by molar-refractivity contribution is 5.85. The van der Waals surface area contributed by atoms with Crippen molar-refractivity contribution in [1.29, 1.82) is 0 Å². The van der Waals surface area contributed by atoms with E-state index in [1.165, 1.54) is 27.4 Å². The van der Waals surface area contributed by atoms with Gasteiger partial charge >= 0.3 is 5.97 Å². The fourth-order valence-electron chi connectivity index (χ4n) is 11.2. The van der Waals surface area contributed by atoms with Gasteiger partial charge in [-0.3, -0.25) is 24.3 Å². The molecule has 0 radical (unpaired) electrons. The number of ketones is 1. The molecule has 0 unspecified atom stereocenters. The summed E-state index contributed by atoms with van der Waals surface area (Å²) in [5.41, 5.74) is 15.8. The van der Waals surface area contributed by atoms with E-state index in [1.54, 1.807) is 12.1 Å². The maximum atomic E-state index is 12.7. The highest BCUT2D eigenvalue weighted by Gasteiger charge is 2.26. The number of Topliss-reactive ketones (excluding diaryl/α,β-unsaturated/α-hetero) is 1. The molecular weight excluding hydrogens is 1180 g/mol. The number of aryl methyl sites for hydroxylation is 1. The molecule has 0 atom stereocenters. The molecule has 2 saturated heterocycles. The zero-order valence-electron chi connectivity index (χ0n) is 54.4. The van der Waals surface area contributed by atoms with Gasteiger partial charge in [-0.05, 0) is 220 Å². The first-order valence-electron chi connectivity index (χ1n) is 31.5. The molecule has 10 aromatic rings. The second-order valence-corrected chi connectivity index (χ2v) is 23.4. The summed E-state index contributed by atoms with van der Waals surface area (Å²) in [6.07, 6.45) is 9.75. The largest absolute Gasteiger partial charge is 0.481 e. The molecule has 12 rings (SSSR count). The monoisotopic (exact) mass is 1280 g/mol. The number of carboxylic acid groups (broad SMARTS) is 1. The molecule has 0 saturated carbocycles. The highest BCUT2D eigenvalue weighted by atomic mass is 35.5. The van der Waals surface area contributed by atoms with Crippen LogP contribution in [0.4, 0.5) is 0 Å². The van der Waals surface area contributed by atoms with Gasteiger partial charge < -0.3 is 46.4 Å². The molecule has 0 spiro atoms. The summed E-state index contributed by atoms with van der Waals surface area (Å²) in [4.78, 5) is 63.3. The van der Waals surface area contributed by atoms with E-state index in [-0.39, 0.29) is 37.1 Å². The van der Waals surface area contributed by atoms with Crippen LogP contribution in [-0.4, -0.2) is 177 Å². The minimum Gasteiger partial charge on any atom is -0.481 e. The summed E-state index contributed by atoms with van der Waals surface area (Å²) in [5.74, 6) is 1.54. The van der Waals surface area contributed by atoms with Crippen LogP contribution in [0.1, 0.15) is 110 Å². The van der Waals surface area contributed by atoms with E-state index in [9.17, 15) is 9.59 Å². The molecule has 10 N–H and O–H groups in total. The van der Waals surface area contributed by atoms with Crippen LogP contribution in [0.15, 0.2) is 144 Å². The van der Waals surface area contributed by atoms with Crippen molar-refractivity contribution < 1.29 is 25.4 Å². The molecule has 2 aliphatic rings. The van der Waals surface area contributed by atoms with E-state index in [0.29, 0.717) is 48.3 Å². The molecule has 2 aliphatic heterocycles. The molecule has 2 fully saturated rings. The van der Waals surface area contributed by atoms with Crippen molar-refractivity contribution in [2.24, 2.45) is 27.6 Å². The average Bonchev–Trinajstić information content (AvgIpc) is 1.98. The molecular formula is C70H101ClN16O5. The second-order valence-electron chi connectivity index (χ2n) is 23.4. The minimum absolute atomic E-state index is 0. The van der Waals surface area contributed by atoms with Gasteiger partial charge in [-0.25, -0.2) is 20.0 Å². The zero-order chi connectivity index (χ0) is 63.5. The first-order chi connectivity index (χ1) is 43.1. The van der Waals surface area contributed by atoms with Crippen LogP contribution in [0.2, 0.25) is 0 Å². The first-order valence-corrected chi connectivity index (χ1v) is 31.5. The van der Waals surface area contributed by atoms with Gasteiger partial charge in [0.25, 0.3) is 0 Å². The Morgan fingerprint density at radius 3 is 1.65 bits per heavy atom. The number of imidazole rings is 2. The Labute approximate surface area is 548 Å². The van der Waals surface area contributed by atoms with Crippen LogP contribution in [0.3, 0.4) is 0 Å². The van der Waals surface area contributed by atoms with Crippen LogP contribution < -0.4 is 5.73 Å². The number of aliphatic carboxylic acids is 1. The Bertz CT molecular complexity index is 3700. The first kappa shape index (κ1) is 76.3. The van der Waals surface area contributed by atoms with Crippen molar-refractivity contribution in [3.8, 4) is 0 Å². The SMILES string of the molecule is C.CCN(C(C)C)C(C)C.CCN=C=NCCCN(C)C.Cl.NCc1nc2ccccc2[nH]1.O.O=C(CCc1nc2ccccc2[nH]1)C1CCN(Cc2ccc3[nH]ccc3c2)CC1.O=C(O)C1CCN(Cc2ccc3[nH]ccc3c2)CC1.On1nnc2ccccc21. The van der Waals surface area contributed by atoms with Gasteiger partial charge in [0, 0.05) is 73.9 Å². The van der Waals surface area contributed by atoms with E-state index in [2.05, 4.69) is 173 Å². The van der Waals surface area contributed by atoms with Gasteiger partial charge in [-0.15, -0.1) is 17.5 Å². The van der Waals surface area contributed by atoms with Gasteiger partial charge in [0.05, 0.1) is 47.1 Å². The predicted octanol–water partition coefficient (Wildman–Crippen LogP) is 12.1. The molecule has 5 aromatic carbocycles. The number of benzene rings is 5. The number of hydrogen-bond acceptors (Lipinski definition) is 14. The summed E-state index contributed by atoms with van der Waals surface area (Å²) >= 11 is 0. The van der Waals surface area contributed by atoms with E-state index in [1.807, 2.05) is 80.0 Å². The summed E-state index contributed by atoms with van der Waals surface area (Å²) in [6, 6.07) is 44.4. The molecule has 7 heterocycles. The maximum Gasteiger partial charge on any atom is 0.306 e. The number of aromatic nitrogens is 9. The Morgan fingerprint density at radius 2 is 1.18 bits per heavy atom. The summed E-state index contributed by atoms with van der Waals surface area (Å²) in [7, 11) is 4.12. The number of fused-ring (bicyclic) bond motifs is 5. The normalized spacial score (nSPS) is 13.4. The van der Waals surface area contributed by atoms with E-state index < -0.39 is 5.97 Å². The van der Waals surface area contributed by atoms with Crippen molar-refractivity contribution >= 4 is 85.1 Å². The average molecular weight is 1280 g/mol. The number of carbonyl (C=O) groups is 2. The molecule has 0 aliphatic carbocycles. The van der Waals surface area contributed by atoms with Crippen molar-refractivity contribution in [2.75, 3.05) is 66.5 Å². The van der Waals surface area contributed by atoms with E-state index in [0.717, 1.165) is 142 Å². The van der Waals surface area contributed by atoms with Crippen molar-refractivity contribution in [3.05, 3.63) is 156 Å². The molecule has 5 aromatic heterocycles. The fraction of sp³-hybridized carbons (Fsp3) is 0.443. The Kier molecular flexibility index (Phi) is 33.2. The van der Waals surface area contributed by atoms with Crippen LogP contribution in [0.25, 0.3) is 54.9 Å². The number of nitrogens with one attached hydrogen (secondary N) is 4. The fourth-order valence-corrected chi connectivity index (χ4v) is 11.2. The summed E-state index contributed by atoms with van der Waals surface area (Å²) < 4.78 is 0. The lowest BCUT2D eigenvalue weighted by molar-refractivity contribution is -0.143. The number of hydrogen-bond donors (Lipinski definition) is 7. The lowest BCUT2D eigenvalue weighted by Gasteiger charge is -2.31. The lowest BCUT2D eigenvalue weighted by Crippen LogP contribution is -2.36. The minimum atomic E-state index is -0.645. The number of likely N-dealkylation sites (tertiary alicyclic amines) is 2. The number of aliphatic imine (C=N–C) groups is 2. The number of para-hydroxylation sites is 5. The molecule has 0 bridgehead atoms.